The molecule has 0 fully saturated rings. The van der Waals surface area contributed by atoms with Crippen LogP contribution in [-0.4, -0.2) is 15.5 Å². The smallest absolute Gasteiger partial charge is 0.264 e. The monoisotopic (exact) mass is 551 g/mol. The van der Waals surface area contributed by atoms with Gasteiger partial charge in [-0.3, -0.25) is 9.36 Å². The predicted molar refractivity (Wildman–Crippen MR) is 171 cm³/mol. The van der Waals surface area contributed by atoms with Gasteiger partial charge in [-0.1, -0.05) is 109 Å². The standard InChI is InChI=1S/C39H25N3O/c43-38-30-25-28(23-24-29(30)37-40-33-19-9-12-22-36(33)42(37)38)41-34-20-10-7-17-31(34)39(26-13-3-1-4-14-26,27-15-5-2-6-16-27)32-18-8-11-21-35(32)41/h1-25H. The first-order valence-electron chi connectivity index (χ1n) is 14.5. The van der Waals surface area contributed by atoms with E-state index in [9.17, 15) is 4.79 Å². The number of nitrogens with zero attached hydrogens (tertiary/aromatic N) is 3. The van der Waals surface area contributed by atoms with E-state index in [-0.39, 0.29) is 5.91 Å². The molecule has 4 heteroatoms. The van der Waals surface area contributed by atoms with Crippen molar-refractivity contribution in [3.8, 4) is 11.4 Å². The van der Waals surface area contributed by atoms with Crippen molar-refractivity contribution >= 4 is 34.0 Å². The lowest BCUT2D eigenvalue weighted by atomic mass is 9.62. The van der Waals surface area contributed by atoms with Crippen molar-refractivity contribution in [3.05, 3.63) is 179 Å². The first-order chi connectivity index (χ1) is 21.3. The lowest BCUT2D eigenvalue weighted by Gasteiger charge is -2.46. The van der Waals surface area contributed by atoms with Gasteiger partial charge in [-0.2, -0.15) is 0 Å². The number of hydrogen-bond donors (Lipinski definition) is 0. The Morgan fingerprint density at radius 1 is 0.535 bits per heavy atom. The molecule has 0 atom stereocenters. The van der Waals surface area contributed by atoms with Crippen LogP contribution < -0.4 is 4.90 Å². The zero-order chi connectivity index (χ0) is 28.5. The van der Waals surface area contributed by atoms with Gasteiger partial charge in [0, 0.05) is 11.3 Å². The van der Waals surface area contributed by atoms with E-state index in [4.69, 9.17) is 4.98 Å². The van der Waals surface area contributed by atoms with E-state index in [0.717, 1.165) is 33.7 Å². The number of aromatic nitrogens is 2. The number of para-hydroxylation sites is 4. The van der Waals surface area contributed by atoms with Gasteiger partial charge in [-0.05, 0) is 64.7 Å². The van der Waals surface area contributed by atoms with Gasteiger partial charge < -0.3 is 4.90 Å². The van der Waals surface area contributed by atoms with Crippen LogP contribution in [0.4, 0.5) is 17.1 Å². The van der Waals surface area contributed by atoms with Crippen molar-refractivity contribution in [1.29, 1.82) is 0 Å². The first kappa shape index (κ1) is 23.9. The molecule has 1 aromatic heterocycles. The van der Waals surface area contributed by atoms with Crippen molar-refractivity contribution in [2.75, 3.05) is 4.90 Å². The van der Waals surface area contributed by atoms with E-state index in [0.29, 0.717) is 11.4 Å². The summed E-state index contributed by atoms with van der Waals surface area (Å²) in [5.74, 6) is 0.668. The lowest BCUT2D eigenvalue weighted by molar-refractivity contribution is 0.0973. The Labute approximate surface area is 249 Å². The maximum atomic E-state index is 13.9. The molecule has 0 saturated carbocycles. The highest BCUT2D eigenvalue weighted by Gasteiger charge is 2.46. The molecule has 0 saturated heterocycles. The second-order valence-corrected chi connectivity index (χ2v) is 11.1. The average Bonchev–Trinajstić information content (AvgIpc) is 3.59. The van der Waals surface area contributed by atoms with E-state index in [1.54, 1.807) is 4.57 Å². The number of carbonyl (C=O) groups is 1. The second kappa shape index (κ2) is 8.88. The molecule has 202 valence electrons. The van der Waals surface area contributed by atoms with Crippen molar-refractivity contribution in [3.63, 3.8) is 0 Å². The Morgan fingerprint density at radius 3 is 1.74 bits per heavy atom. The summed E-state index contributed by atoms with van der Waals surface area (Å²) in [6, 6.07) is 52.9. The van der Waals surface area contributed by atoms with E-state index < -0.39 is 5.41 Å². The maximum absolute atomic E-state index is 13.9. The molecule has 2 aliphatic rings. The molecule has 0 aliphatic carbocycles. The molecule has 9 rings (SSSR count). The quantitative estimate of drug-likeness (QED) is 0.220. The Morgan fingerprint density at radius 2 is 1.09 bits per heavy atom. The van der Waals surface area contributed by atoms with E-state index in [2.05, 4.69) is 126 Å². The highest BCUT2D eigenvalue weighted by atomic mass is 16.2. The summed E-state index contributed by atoms with van der Waals surface area (Å²) in [6.45, 7) is 0. The van der Waals surface area contributed by atoms with Crippen molar-refractivity contribution < 1.29 is 4.79 Å². The van der Waals surface area contributed by atoms with Crippen LogP contribution >= 0.6 is 0 Å². The number of fused-ring (bicyclic) bond motifs is 7. The summed E-state index contributed by atoms with van der Waals surface area (Å²) in [6.07, 6.45) is 0. The molecule has 0 unspecified atom stereocenters. The topological polar surface area (TPSA) is 38.1 Å². The highest BCUT2D eigenvalue weighted by molar-refractivity contribution is 6.13. The average molecular weight is 552 g/mol. The van der Waals surface area contributed by atoms with Gasteiger partial charge in [-0.25, -0.2) is 4.98 Å². The van der Waals surface area contributed by atoms with Gasteiger partial charge >= 0.3 is 0 Å². The number of hydrogen-bond acceptors (Lipinski definition) is 3. The molecule has 0 spiro atoms. The molecule has 0 amide bonds. The summed E-state index contributed by atoms with van der Waals surface area (Å²) < 4.78 is 1.75. The molecule has 4 nitrogen and oxygen atoms in total. The van der Waals surface area contributed by atoms with Crippen LogP contribution in [0.15, 0.2) is 152 Å². The molecule has 3 heterocycles. The van der Waals surface area contributed by atoms with Crippen LogP contribution in [0.3, 0.4) is 0 Å². The fourth-order valence-electron chi connectivity index (χ4n) is 7.27. The lowest BCUT2D eigenvalue weighted by Crippen LogP contribution is -2.37. The highest BCUT2D eigenvalue weighted by Crippen LogP contribution is 2.57. The van der Waals surface area contributed by atoms with E-state index >= 15 is 0 Å². The van der Waals surface area contributed by atoms with Crippen LogP contribution in [0.2, 0.25) is 0 Å². The van der Waals surface area contributed by atoms with Crippen LogP contribution in [0.5, 0.6) is 0 Å². The normalized spacial score (nSPS) is 14.2. The summed E-state index contributed by atoms with van der Waals surface area (Å²) in [5, 5.41) is 0. The number of anilines is 3. The molecular weight excluding hydrogens is 526 g/mol. The van der Waals surface area contributed by atoms with Gasteiger partial charge in [0.05, 0.1) is 33.4 Å². The first-order valence-corrected chi connectivity index (χ1v) is 14.5. The molecule has 2 aliphatic heterocycles. The third-order valence-corrected chi connectivity index (χ3v) is 9.01. The zero-order valence-corrected chi connectivity index (χ0v) is 23.2. The summed E-state index contributed by atoms with van der Waals surface area (Å²) in [5.41, 5.74) is 10.6. The van der Waals surface area contributed by atoms with E-state index in [1.165, 1.54) is 22.3 Å². The Kier molecular flexibility index (Phi) is 4.94. The van der Waals surface area contributed by atoms with E-state index in [1.807, 2.05) is 30.3 Å². The molecular formula is C39H25N3O. The molecule has 6 aromatic carbocycles. The van der Waals surface area contributed by atoms with Gasteiger partial charge in [0.25, 0.3) is 5.91 Å². The molecule has 43 heavy (non-hydrogen) atoms. The van der Waals surface area contributed by atoms with Gasteiger partial charge in [-0.15, -0.1) is 0 Å². The Bertz CT molecular complexity index is 2130. The Hall–Kier alpha value is -5.74. The van der Waals surface area contributed by atoms with Crippen LogP contribution in [0.1, 0.15) is 32.6 Å². The predicted octanol–water partition coefficient (Wildman–Crippen LogP) is 8.87. The molecule has 7 aromatic rings. The van der Waals surface area contributed by atoms with Crippen LogP contribution in [0.25, 0.3) is 22.4 Å². The molecule has 0 N–H and O–H groups in total. The van der Waals surface area contributed by atoms with Crippen molar-refractivity contribution in [2.45, 2.75) is 5.41 Å². The summed E-state index contributed by atoms with van der Waals surface area (Å²) in [4.78, 5) is 21.0. The maximum Gasteiger partial charge on any atom is 0.264 e. The minimum Gasteiger partial charge on any atom is -0.310 e. The largest absolute Gasteiger partial charge is 0.310 e. The van der Waals surface area contributed by atoms with Crippen LogP contribution in [0, 0.1) is 0 Å². The summed E-state index contributed by atoms with van der Waals surface area (Å²) in [7, 11) is 0. The van der Waals surface area contributed by atoms with Crippen molar-refractivity contribution in [2.24, 2.45) is 0 Å². The minimum absolute atomic E-state index is 0.0398. The molecule has 0 bridgehead atoms. The minimum atomic E-state index is -0.528. The second-order valence-electron chi connectivity index (χ2n) is 11.1. The van der Waals surface area contributed by atoms with Gasteiger partial charge in [0.2, 0.25) is 0 Å². The fraction of sp³-hybridized carbons (Fsp3) is 0.0256. The van der Waals surface area contributed by atoms with Crippen molar-refractivity contribution in [1.82, 2.24) is 9.55 Å². The van der Waals surface area contributed by atoms with Gasteiger partial charge in [0.15, 0.2) is 0 Å². The summed E-state index contributed by atoms with van der Waals surface area (Å²) >= 11 is 0. The van der Waals surface area contributed by atoms with Gasteiger partial charge in [0.1, 0.15) is 5.82 Å². The number of rotatable bonds is 3. The van der Waals surface area contributed by atoms with Crippen LogP contribution in [-0.2, 0) is 5.41 Å². The number of imidazole rings is 1. The Balaban J connectivity index is 1.30. The number of benzene rings is 6. The third kappa shape index (κ3) is 3.15. The molecule has 0 radical (unpaired) electrons. The number of carbonyl (C=O) groups excluding carboxylic acids is 1. The fourth-order valence-corrected chi connectivity index (χ4v) is 7.27. The zero-order valence-electron chi connectivity index (χ0n) is 23.2. The third-order valence-electron chi connectivity index (χ3n) is 9.01. The SMILES string of the molecule is O=C1c2cc(N3c4ccccc4C(c4ccccc4)(c4ccccc4)c4ccccc43)ccc2-c2nc3ccccc3n21.